The summed E-state index contributed by atoms with van der Waals surface area (Å²) in [6, 6.07) is 12.9. The first kappa shape index (κ1) is 20.2. The Hall–Kier alpha value is -2.58. The number of carbonyl (C=O) groups excluding carboxylic acids is 1. The van der Waals surface area contributed by atoms with Crippen molar-refractivity contribution >= 4 is 21.6 Å². The van der Waals surface area contributed by atoms with Crippen LogP contribution in [0.2, 0.25) is 0 Å². The molecule has 1 heterocycles. The molecule has 1 aliphatic heterocycles. The van der Waals surface area contributed by atoms with Gasteiger partial charge in [-0.15, -0.1) is 0 Å². The van der Waals surface area contributed by atoms with E-state index in [2.05, 4.69) is 5.43 Å². The summed E-state index contributed by atoms with van der Waals surface area (Å²) in [5.74, 6) is 0.232. The first-order valence-electron chi connectivity index (χ1n) is 9.21. The molecule has 7 nitrogen and oxygen atoms in total. The van der Waals surface area contributed by atoms with E-state index in [1.54, 1.807) is 24.3 Å². The topological polar surface area (TPSA) is 78.9 Å². The largest absolute Gasteiger partial charge is 0.495 e. The van der Waals surface area contributed by atoms with Gasteiger partial charge < -0.3 is 4.74 Å². The Kier molecular flexibility index (Phi) is 6.21. The van der Waals surface area contributed by atoms with Crippen LogP contribution in [0.1, 0.15) is 29.6 Å². The lowest BCUT2D eigenvalue weighted by Crippen LogP contribution is -2.45. The van der Waals surface area contributed by atoms with Crippen LogP contribution < -0.4 is 14.5 Å². The Labute approximate surface area is 165 Å². The minimum absolute atomic E-state index is 0.107. The number of rotatable bonds is 6. The van der Waals surface area contributed by atoms with Gasteiger partial charge in [-0.1, -0.05) is 18.6 Å². The molecule has 1 amide bonds. The number of hydrogen-bond donors (Lipinski definition) is 1. The number of carbonyl (C=O) groups is 1. The van der Waals surface area contributed by atoms with E-state index in [4.69, 9.17) is 4.74 Å². The van der Waals surface area contributed by atoms with Gasteiger partial charge in [-0.2, -0.15) is 0 Å². The number of hydrazine groups is 1. The minimum atomic E-state index is -3.78. The molecule has 8 heteroatoms. The molecule has 0 atom stereocenters. The van der Waals surface area contributed by atoms with E-state index in [9.17, 15) is 13.2 Å². The molecule has 2 aromatic carbocycles. The summed E-state index contributed by atoms with van der Waals surface area (Å²) in [7, 11) is -0.812. The van der Waals surface area contributed by atoms with Crippen molar-refractivity contribution in [1.82, 2.24) is 10.4 Å². The molecule has 2 aromatic rings. The number of ether oxygens (including phenoxy) is 1. The van der Waals surface area contributed by atoms with Gasteiger partial charge in [0, 0.05) is 25.7 Å². The van der Waals surface area contributed by atoms with Crippen LogP contribution in [0.3, 0.4) is 0 Å². The highest BCUT2D eigenvalue weighted by Gasteiger charge is 2.24. The molecule has 1 fully saturated rings. The summed E-state index contributed by atoms with van der Waals surface area (Å²) >= 11 is 0. The van der Waals surface area contributed by atoms with Crippen LogP contribution in [0, 0.1) is 0 Å². The molecule has 0 spiro atoms. The molecule has 0 aliphatic carbocycles. The van der Waals surface area contributed by atoms with Crippen LogP contribution >= 0.6 is 0 Å². The molecular weight excluding hydrogens is 378 g/mol. The fourth-order valence-electron chi connectivity index (χ4n) is 3.17. The highest BCUT2D eigenvalue weighted by molar-refractivity contribution is 7.92. The van der Waals surface area contributed by atoms with Crippen molar-refractivity contribution < 1.29 is 17.9 Å². The second-order valence-electron chi connectivity index (χ2n) is 6.66. The smallest absolute Gasteiger partial charge is 0.265 e. The Morgan fingerprint density at radius 1 is 1.04 bits per heavy atom. The van der Waals surface area contributed by atoms with E-state index >= 15 is 0 Å². The zero-order chi connectivity index (χ0) is 20.1. The molecule has 1 aliphatic rings. The maximum Gasteiger partial charge on any atom is 0.265 e. The van der Waals surface area contributed by atoms with Crippen molar-refractivity contribution in [2.24, 2.45) is 0 Å². The van der Waals surface area contributed by atoms with E-state index in [0.29, 0.717) is 17.0 Å². The predicted octanol–water partition coefficient (Wildman–Crippen LogP) is 2.65. The molecule has 1 N–H and O–H groups in total. The average Bonchev–Trinajstić information content (AvgIpc) is 2.74. The minimum Gasteiger partial charge on any atom is -0.495 e. The summed E-state index contributed by atoms with van der Waals surface area (Å²) in [6.07, 6.45) is 3.30. The Balaban J connectivity index is 1.76. The third-order valence-corrected chi connectivity index (χ3v) is 6.60. The Morgan fingerprint density at radius 3 is 2.32 bits per heavy atom. The van der Waals surface area contributed by atoms with Gasteiger partial charge in [0.2, 0.25) is 0 Å². The summed E-state index contributed by atoms with van der Waals surface area (Å²) in [4.78, 5) is 12.5. The van der Waals surface area contributed by atoms with Crippen LogP contribution in [-0.4, -0.2) is 46.6 Å². The average molecular weight is 404 g/mol. The number of amides is 1. The quantitative estimate of drug-likeness (QED) is 0.802. The van der Waals surface area contributed by atoms with Crippen molar-refractivity contribution in [1.29, 1.82) is 0 Å². The van der Waals surface area contributed by atoms with Crippen LogP contribution in [0.25, 0.3) is 0 Å². The van der Waals surface area contributed by atoms with Gasteiger partial charge >= 0.3 is 0 Å². The Bertz CT molecular complexity index is 923. The molecule has 28 heavy (non-hydrogen) atoms. The van der Waals surface area contributed by atoms with Crippen molar-refractivity contribution in [2.75, 3.05) is 31.6 Å². The van der Waals surface area contributed by atoms with Crippen LogP contribution in [0.5, 0.6) is 5.75 Å². The van der Waals surface area contributed by atoms with Crippen LogP contribution in [-0.2, 0) is 10.0 Å². The molecule has 0 radical (unpaired) electrons. The van der Waals surface area contributed by atoms with Gasteiger partial charge in [0.15, 0.2) is 0 Å². The maximum absolute atomic E-state index is 13.0. The lowest BCUT2D eigenvalue weighted by Gasteiger charge is -2.26. The molecule has 0 saturated carbocycles. The molecule has 150 valence electrons. The van der Waals surface area contributed by atoms with Gasteiger partial charge in [0.05, 0.1) is 17.7 Å². The number of methoxy groups -OCH3 is 1. The molecule has 0 unspecified atom stereocenters. The van der Waals surface area contributed by atoms with Crippen molar-refractivity contribution in [3.05, 3.63) is 54.1 Å². The fraction of sp³-hybridized carbons (Fsp3) is 0.350. The number of nitrogens with one attached hydrogen (secondary N) is 1. The highest BCUT2D eigenvalue weighted by Crippen LogP contribution is 2.30. The normalized spacial score (nSPS) is 15.1. The summed E-state index contributed by atoms with van der Waals surface area (Å²) in [5, 5.41) is 1.91. The molecule has 3 rings (SSSR count). The first-order chi connectivity index (χ1) is 13.4. The van der Waals surface area contributed by atoms with Gasteiger partial charge in [0.25, 0.3) is 15.9 Å². The van der Waals surface area contributed by atoms with E-state index in [1.807, 2.05) is 5.01 Å². The third-order valence-electron chi connectivity index (χ3n) is 4.82. The Morgan fingerprint density at radius 2 is 1.68 bits per heavy atom. The lowest BCUT2D eigenvalue weighted by atomic mass is 10.1. The molecule has 0 bridgehead atoms. The van der Waals surface area contributed by atoms with Gasteiger partial charge in [-0.3, -0.25) is 14.5 Å². The fourth-order valence-corrected chi connectivity index (χ4v) is 4.38. The standard InChI is InChI=1S/C20H25N3O4S/c1-22(18-8-4-5-9-19(18)27-2)28(25,26)17-12-10-16(11-13-17)20(24)21-23-14-6-3-7-15-23/h4-5,8-13H,3,6-7,14-15H2,1-2H3,(H,21,24). The molecular formula is C20H25N3O4S. The number of anilines is 1. The first-order valence-corrected chi connectivity index (χ1v) is 10.7. The summed E-state index contributed by atoms with van der Waals surface area (Å²) < 4.78 is 32.4. The second-order valence-corrected chi connectivity index (χ2v) is 8.63. The molecule has 0 aromatic heterocycles. The van der Waals surface area contributed by atoms with E-state index in [1.165, 1.54) is 49.1 Å². The number of benzene rings is 2. The third kappa shape index (κ3) is 4.28. The number of piperidine rings is 1. The maximum atomic E-state index is 13.0. The highest BCUT2D eigenvalue weighted by atomic mass is 32.2. The lowest BCUT2D eigenvalue weighted by molar-refractivity contribution is 0.0750. The van der Waals surface area contributed by atoms with Crippen LogP contribution in [0.4, 0.5) is 5.69 Å². The van der Waals surface area contributed by atoms with E-state index in [0.717, 1.165) is 25.9 Å². The molecule has 1 saturated heterocycles. The zero-order valence-electron chi connectivity index (χ0n) is 16.1. The monoisotopic (exact) mass is 403 g/mol. The van der Waals surface area contributed by atoms with Crippen molar-refractivity contribution in [3.63, 3.8) is 0 Å². The van der Waals surface area contributed by atoms with E-state index < -0.39 is 10.0 Å². The zero-order valence-corrected chi connectivity index (χ0v) is 16.9. The SMILES string of the molecule is COc1ccccc1N(C)S(=O)(=O)c1ccc(C(=O)NN2CCCCC2)cc1. The van der Waals surface area contributed by atoms with Gasteiger partial charge in [-0.05, 0) is 49.2 Å². The predicted molar refractivity (Wildman–Crippen MR) is 108 cm³/mol. The summed E-state index contributed by atoms with van der Waals surface area (Å²) in [6.45, 7) is 1.67. The number of hydrogen-bond acceptors (Lipinski definition) is 5. The number of sulfonamides is 1. The van der Waals surface area contributed by atoms with E-state index in [-0.39, 0.29) is 10.8 Å². The van der Waals surface area contributed by atoms with Gasteiger partial charge in [-0.25, -0.2) is 13.4 Å². The van der Waals surface area contributed by atoms with Crippen molar-refractivity contribution in [3.8, 4) is 5.75 Å². The van der Waals surface area contributed by atoms with Gasteiger partial charge in [0.1, 0.15) is 5.75 Å². The van der Waals surface area contributed by atoms with Crippen molar-refractivity contribution in [2.45, 2.75) is 24.2 Å². The summed E-state index contributed by atoms with van der Waals surface area (Å²) in [5.41, 5.74) is 3.74. The second kappa shape index (κ2) is 8.62. The van der Waals surface area contributed by atoms with Crippen LogP contribution in [0.15, 0.2) is 53.4 Å². The number of para-hydroxylation sites is 2. The number of nitrogens with zero attached hydrogens (tertiary/aromatic N) is 2.